The van der Waals surface area contributed by atoms with Crippen molar-refractivity contribution >= 4 is 17.5 Å². The maximum absolute atomic E-state index is 11.8. The molecule has 2 heterocycles. The highest BCUT2D eigenvalue weighted by atomic mass is 35.5. The van der Waals surface area contributed by atoms with Gasteiger partial charge in [0.05, 0.1) is 0 Å². The molecule has 8 nitrogen and oxygen atoms in total. The van der Waals surface area contributed by atoms with Crippen molar-refractivity contribution < 1.29 is 14.9 Å². The number of ether oxygens (including phenoxy) is 1. The van der Waals surface area contributed by atoms with Crippen LogP contribution in [0.3, 0.4) is 0 Å². The Morgan fingerprint density at radius 2 is 2.43 bits per heavy atom. The van der Waals surface area contributed by atoms with Crippen molar-refractivity contribution in [3.63, 3.8) is 0 Å². The summed E-state index contributed by atoms with van der Waals surface area (Å²) < 4.78 is 6.34. The van der Waals surface area contributed by atoms with Crippen molar-refractivity contribution in [2.45, 2.75) is 29.4 Å². The van der Waals surface area contributed by atoms with Crippen LogP contribution in [0.2, 0.25) is 0 Å². The van der Waals surface area contributed by atoms with Crippen LogP contribution in [0.1, 0.15) is 6.23 Å². The van der Waals surface area contributed by atoms with E-state index in [1.807, 2.05) is 0 Å². The van der Waals surface area contributed by atoms with E-state index in [1.165, 1.54) is 0 Å². The van der Waals surface area contributed by atoms with Crippen LogP contribution in [0.5, 0.6) is 0 Å². The number of aliphatic hydroxyl groups excluding tert-OH is 2. The van der Waals surface area contributed by atoms with E-state index in [2.05, 4.69) is 22.5 Å². The van der Waals surface area contributed by atoms with E-state index in [1.54, 1.807) is 0 Å². The van der Waals surface area contributed by atoms with Gasteiger partial charge in [0, 0.05) is 0 Å². The lowest BCUT2D eigenvalue weighted by Gasteiger charge is -2.25. The van der Waals surface area contributed by atoms with Gasteiger partial charge in [-0.25, -0.2) is 9.78 Å². The normalized spacial score (nSPS) is 33.3. The fourth-order valence-corrected chi connectivity index (χ4v) is 2.33. The van der Waals surface area contributed by atoms with Crippen LogP contribution < -0.4 is 11.4 Å². The second kappa shape index (κ2) is 5.46. The van der Waals surface area contributed by atoms with Gasteiger partial charge in [-0.15, -0.1) is 13.0 Å². The van der Waals surface area contributed by atoms with E-state index < -0.39 is 35.1 Å². The Labute approximate surface area is 124 Å². The van der Waals surface area contributed by atoms with Gasteiger partial charge in [-0.2, -0.15) is 4.98 Å². The van der Waals surface area contributed by atoms with E-state index >= 15 is 0 Å². The van der Waals surface area contributed by atoms with Crippen molar-refractivity contribution in [3.8, 4) is 12.3 Å². The highest BCUT2D eigenvalue weighted by Crippen LogP contribution is 2.43. The van der Waals surface area contributed by atoms with Gasteiger partial charge in [0.25, 0.3) is 0 Å². The molecule has 1 aromatic rings. The lowest BCUT2D eigenvalue weighted by molar-refractivity contribution is -0.0688. The fourth-order valence-electron chi connectivity index (χ4n) is 2.05. The molecule has 1 aliphatic heterocycles. The van der Waals surface area contributed by atoms with Crippen molar-refractivity contribution in [1.82, 2.24) is 14.5 Å². The third-order valence-electron chi connectivity index (χ3n) is 3.18. The first kappa shape index (κ1) is 15.5. The average Bonchev–Trinajstić information content (AvgIpc) is 2.72. The van der Waals surface area contributed by atoms with Gasteiger partial charge in [-0.1, -0.05) is 23.6 Å². The third kappa shape index (κ3) is 2.41. The molecule has 21 heavy (non-hydrogen) atoms. The number of alkyl halides is 1. The van der Waals surface area contributed by atoms with Crippen LogP contribution in [0.15, 0.2) is 23.8 Å². The van der Waals surface area contributed by atoms with Gasteiger partial charge < -0.3 is 20.7 Å². The van der Waals surface area contributed by atoms with E-state index in [0.717, 1.165) is 17.0 Å². The maximum atomic E-state index is 11.8. The van der Waals surface area contributed by atoms with Crippen molar-refractivity contribution in [2.75, 3.05) is 5.73 Å². The summed E-state index contributed by atoms with van der Waals surface area (Å²) in [6.45, 7) is 3.39. The first-order chi connectivity index (χ1) is 9.85. The number of nitrogens with zero attached hydrogens (tertiary/aromatic N) is 3. The van der Waals surface area contributed by atoms with Crippen LogP contribution in [-0.4, -0.2) is 47.9 Å². The highest BCUT2D eigenvalue weighted by molar-refractivity contribution is 6.27. The molecule has 2 rings (SSSR count). The molecular weight excluding hydrogens is 300 g/mol. The molecule has 0 aliphatic carbocycles. The molecule has 9 heteroatoms. The Balaban J connectivity index is 2.50. The lowest BCUT2D eigenvalue weighted by Crippen LogP contribution is -2.44. The summed E-state index contributed by atoms with van der Waals surface area (Å²) in [5.74, 6) is 1.96. The molecule has 2 unspecified atom stereocenters. The molecule has 0 amide bonds. The maximum Gasteiger partial charge on any atom is 0.354 e. The van der Waals surface area contributed by atoms with Crippen LogP contribution in [0, 0.1) is 12.3 Å². The van der Waals surface area contributed by atoms with E-state index in [9.17, 15) is 15.0 Å². The predicted octanol–water partition coefficient (Wildman–Crippen LogP) is -1.36. The first-order valence-corrected chi connectivity index (χ1v) is 6.24. The zero-order valence-electron chi connectivity index (χ0n) is 10.8. The molecule has 1 fully saturated rings. The number of aromatic nitrogens is 3. The van der Waals surface area contributed by atoms with Gasteiger partial charge >= 0.3 is 5.69 Å². The molecule has 1 aromatic heterocycles. The zero-order chi connectivity index (χ0) is 15.8. The monoisotopic (exact) mass is 312 g/mol. The number of rotatable bonds is 3. The topological polar surface area (TPSA) is 123 Å². The minimum atomic E-state index is -1.78. The number of nitrogens with two attached hydrogens (primary N) is 1. The second-order valence-electron chi connectivity index (χ2n) is 4.44. The SMILES string of the molecule is C#CC1(Cl)C(O)[C@@H]([C@H](O)C=C)O[C@H]1n1cnc(N)nc1=O. The summed E-state index contributed by atoms with van der Waals surface area (Å²) in [5.41, 5.74) is 4.50. The van der Waals surface area contributed by atoms with Crippen LogP contribution in [0.4, 0.5) is 5.95 Å². The fraction of sp³-hybridized carbons (Fsp3) is 0.417. The summed E-state index contributed by atoms with van der Waals surface area (Å²) in [4.78, 5) is 17.2. The molecule has 1 aliphatic rings. The smallest absolute Gasteiger partial charge is 0.354 e. The number of terminal acetylenes is 1. The summed E-state index contributed by atoms with van der Waals surface area (Å²) >= 11 is 6.21. The molecule has 0 radical (unpaired) electrons. The molecule has 0 aromatic carbocycles. The first-order valence-electron chi connectivity index (χ1n) is 5.86. The van der Waals surface area contributed by atoms with Crippen LogP contribution >= 0.6 is 11.6 Å². The number of anilines is 1. The highest BCUT2D eigenvalue weighted by Gasteiger charge is 2.57. The summed E-state index contributed by atoms with van der Waals surface area (Å²) in [5, 5.41) is 20.0. The van der Waals surface area contributed by atoms with Crippen LogP contribution in [0.25, 0.3) is 0 Å². The second-order valence-corrected chi connectivity index (χ2v) is 5.07. The number of aliphatic hydroxyl groups is 2. The lowest BCUT2D eigenvalue weighted by atomic mass is 9.96. The quantitative estimate of drug-likeness (QED) is 0.357. The molecule has 0 bridgehead atoms. The third-order valence-corrected chi connectivity index (χ3v) is 3.70. The van der Waals surface area contributed by atoms with E-state index in [-0.39, 0.29) is 5.95 Å². The molecule has 0 spiro atoms. The number of halogens is 1. The molecular formula is C12H13ClN4O4. The van der Waals surface area contributed by atoms with Gasteiger partial charge in [-0.3, -0.25) is 4.57 Å². The molecule has 112 valence electrons. The van der Waals surface area contributed by atoms with E-state index in [0.29, 0.717) is 0 Å². The molecule has 0 saturated carbocycles. The van der Waals surface area contributed by atoms with Gasteiger partial charge in [0.2, 0.25) is 5.95 Å². The number of nitrogen functional groups attached to an aromatic ring is 1. The van der Waals surface area contributed by atoms with Crippen molar-refractivity contribution in [3.05, 3.63) is 29.5 Å². The van der Waals surface area contributed by atoms with E-state index in [4.69, 9.17) is 28.5 Å². The Bertz CT molecular complexity index is 657. The number of hydrogen-bond donors (Lipinski definition) is 3. The zero-order valence-corrected chi connectivity index (χ0v) is 11.5. The minimum Gasteiger partial charge on any atom is -0.387 e. The Hall–Kier alpha value is -1.92. The van der Waals surface area contributed by atoms with Gasteiger partial charge in [0.15, 0.2) is 11.1 Å². The largest absolute Gasteiger partial charge is 0.387 e. The molecule has 4 N–H and O–H groups in total. The average molecular weight is 313 g/mol. The van der Waals surface area contributed by atoms with Gasteiger partial charge in [-0.05, 0) is 0 Å². The summed E-state index contributed by atoms with van der Waals surface area (Å²) in [7, 11) is 0. The standard InChI is InChI=1S/C12H13ClN4O4/c1-3-6(18)7-8(19)12(13,4-2)9(21-7)17-5-15-10(14)16-11(17)20/h2-3,5-9,18-19H,1H2,(H2,14,16,20)/t6-,7-,8?,9-,12?/m1/s1. The van der Waals surface area contributed by atoms with Crippen LogP contribution in [-0.2, 0) is 4.74 Å². The minimum absolute atomic E-state index is 0.224. The summed E-state index contributed by atoms with van der Waals surface area (Å²) in [6, 6.07) is 0. The molecule has 1 saturated heterocycles. The Morgan fingerprint density at radius 3 is 2.95 bits per heavy atom. The van der Waals surface area contributed by atoms with Crippen molar-refractivity contribution in [1.29, 1.82) is 0 Å². The van der Waals surface area contributed by atoms with Gasteiger partial charge in [0.1, 0.15) is 24.6 Å². The predicted molar refractivity (Wildman–Crippen MR) is 74.2 cm³/mol. The molecule has 5 atom stereocenters. The Kier molecular flexibility index (Phi) is 4.02. The number of hydrogen-bond acceptors (Lipinski definition) is 7. The summed E-state index contributed by atoms with van der Waals surface area (Å²) in [6.07, 6.45) is 2.50. The van der Waals surface area contributed by atoms with Crippen molar-refractivity contribution in [2.24, 2.45) is 0 Å². The Morgan fingerprint density at radius 1 is 1.76 bits per heavy atom.